The Morgan fingerprint density at radius 2 is 1.95 bits per heavy atom. The van der Waals surface area contributed by atoms with E-state index in [1.807, 2.05) is 43.3 Å². The maximum atomic E-state index is 12.0. The first-order valence-electron chi connectivity index (χ1n) is 6.99. The lowest BCUT2D eigenvalue weighted by Crippen LogP contribution is -2.21. The number of para-hydroxylation sites is 1. The number of carbonyl (C=O) groups excluding carboxylic acids is 1. The highest BCUT2D eigenvalue weighted by Crippen LogP contribution is 2.25. The van der Waals surface area contributed by atoms with Gasteiger partial charge in [0.2, 0.25) is 0 Å². The molecule has 0 unspecified atom stereocenters. The number of aryl methyl sites for hydroxylation is 1. The third kappa shape index (κ3) is 3.99. The molecule has 0 fully saturated rings. The van der Waals surface area contributed by atoms with E-state index in [2.05, 4.69) is 5.32 Å². The molecule has 22 heavy (non-hydrogen) atoms. The number of amides is 1. The van der Waals surface area contributed by atoms with Gasteiger partial charge in [-0.2, -0.15) is 0 Å². The molecule has 0 bridgehead atoms. The summed E-state index contributed by atoms with van der Waals surface area (Å²) < 4.78 is 10.8. The maximum Gasteiger partial charge on any atom is 0.262 e. The molecular weight excluding hydrogens is 280 g/mol. The van der Waals surface area contributed by atoms with Crippen LogP contribution in [0, 0.1) is 6.92 Å². The van der Waals surface area contributed by atoms with Gasteiger partial charge < -0.3 is 20.5 Å². The van der Waals surface area contributed by atoms with Crippen molar-refractivity contribution in [2.24, 2.45) is 5.73 Å². The third-order valence-corrected chi connectivity index (χ3v) is 3.18. The second-order valence-corrected chi connectivity index (χ2v) is 4.85. The fourth-order valence-corrected chi connectivity index (χ4v) is 2.06. The van der Waals surface area contributed by atoms with Crippen LogP contribution in [0.15, 0.2) is 42.5 Å². The molecule has 2 aromatic rings. The number of anilines is 1. The van der Waals surface area contributed by atoms with Crippen LogP contribution in [-0.2, 0) is 11.3 Å². The molecule has 0 aliphatic rings. The molecule has 0 saturated heterocycles. The van der Waals surface area contributed by atoms with E-state index in [-0.39, 0.29) is 12.5 Å². The summed E-state index contributed by atoms with van der Waals surface area (Å²) in [6.07, 6.45) is 0. The Bertz CT molecular complexity index is 656. The van der Waals surface area contributed by atoms with Crippen molar-refractivity contribution < 1.29 is 14.3 Å². The van der Waals surface area contributed by atoms with Gasteiger partial charge in [-0.05, 0) is 30.7 Å². The fourth-order valence-electron chi connectivity index (χ4n) is 2.06. The average molecular weight is 300 g/mol. The summed E-state index contributed by atoms with van der Waals surface area (Å²) in [5.74, 6) is 0.980. The zero-order chi connectivity index (χ0) is 15.9. The molecule has 5 heteroatoms. The van der Waals surface area contributed by atoms with Crippen molar-refractivity contribution in [1.29, 1.82) is 0 Å². The normalized spacial score (nSPS) is 10.1. The second-order valence-electron chi connectivity index (χ2n) is 4.85. The van der Waals surface area contributed by atoms with Crippen LogP contribution in [0.4, 0.5) is 5.69 Å². The highest BCUT2D eigenvalue weighted by atomic mass is 16.5. The predicted molar refractivity (Wildman–Crippen MR) is 86.2 cm³/mol. The topological polar surface area (TPSA) is 73.6 Å². The molecule has 0 radical (unpaired) electrons. The SMILES string of the molecule is COc1ccc(C)cc1NC(=O)COc1ccccc1CN. The fraction of sp³-hybridized carbons (Fsp3) is 0.235. The first kappa shape index (κ1) is 15.9. The van der Waals surface area contributed by atoms with E-state index < -0.39 is 0 Å². The Balaban J connectivity index is 2.00. The van der Waals surface area contributed by atoms with E-state index in [9.17, 15) is 4.79 Å². The van der Waals surface area contributed by atoms with E-state index in [0.717, 1.165) is 11.1 Å². The minimum atomic E-state index is -0.254. The van der Waals surface area contributed by atoms with Crippen LogP contribution >= 0.6 is 0 Å². The number of hydrogen-bond acceptors (Lipinski definition) is 4. The van der Waals surface area contributed by atoms with Crippen LogP contribution < -0.4 is 20.5 Å². The Labute approximate surface area is 130 Å². The summed E-state index contributed by atoms with van der Waals surface area (Å²) in [7, 11) is 1.56. The van der Waals surface area contributed by atoms with Crippen molar-refractivity contribution in [2.45, 2.75) is 13.5 Å². The van der Waals surface area contributed by atoms with Gasteiger partial charge in [-0.25, -0.2) is 0 Å². The Hall–Kier alpha value is -2.53. The monoisotopic (exact) mass is 300 g/mol. The molecule has 0 aliphatic heterocycles. The first-order valence-corrected chi connectivity index (χ1v) is 6.99. The molecule has 0 saturated carbocycles. The average Bonchev–Trinajstić information content (AvgIpc) is 2.53. The zero-order valence-electron chi connectivity index (χ0n) is 12.8. The number of nitrogens with two attached hydrogens (primary N) is 1. The van der Waals surface area contributed by atoms with E-state index in [1.165, 1.54) is 0 Å². The van der Waals surface area contributed by atoms with Crippen LogP contribution in [0.2, 0.25) is 0 Å². The van der Waals surface area contributed by atoms with Gasteiger partial charge in [-0.3, -0.25) is 4.79 Å². The first-order chi connectivity index (χ1) is 10.6. The van der Waals surface area contributed by atoms with Gasteiger partial charge >= 0.3 is 0 Å². The standard InChI is InChI=1S/C17H20N2O3/c1-12-7-8-16(21-2)14(9-12)19-17(20)11-22-15-6-4-3-5-13(15)10-18/h3-9H,10-11,18H2,1-2H3,(H,19,20). The number of carbonyl (C=O) groups is 1. The maximum absolute atomic E-state index is 12.0. The Morgan fingerprint density at radius 1 is 1.18 bits per heavy atom. The number of methoxy groups -OCH3 is 1. The van der Waals surface area contributed by atoms with E-state index >= 15 is 0 Å². The summed E-state index contributed by atoms with van der Waals surface area (Å²) in [6.45, 7) is 2.22. The molecule has 2 aromatic carbocycles. The molecule has 5 nitrogen and oxygen atoms in total. The number of rotatable bonds is 6. The lowest BCUT2D eigenvalue weighted by molar-refractivity contribution is -0.118. The smallest absolute Gasteiger partial charge is 0.262 e. The van der Waals surface area contributed by atoms with E-state index in [0.29, 0.717) is 23.7 Å². The van der Waals surface area contributed by atoms with Gasteiger partial charge in [-0.15, -0.1) is 0 Å². The molecule has 0 atom stereocenters. The molecular formula is C17H20N2O3. The molecule has 3 N–H and O–H groups in total. The van der Waals surface area contributed by atoms with Crippen LogP contribution in [0.3, 0.4) is 0 Å². The van der Waals surface area contributed by atoms with E-state index in [4.69, 9.17) is 15.2 Å². The molecule has 0 spiro atoms. The molecule has 0 heterocycles. The molecule has 0 aromatic heterocycles. The van der Waals surface area contributed by atoms with Crippen molar-refractivity contribution in [3.63, 3.8) is 0 Å². The summed E-state index contributed by atoms with van der Waals surface area (Å²) in [5, 5.41) is 2.79. The van der Waals surface area contributed by atoms with Gasteiger partial charge in [0.05, 0.1) is 12.8 Å². The molecule has 1 amide bonds. The molecule has 2 rings (SSSR count). The van der Waals surface area contributed by atoms with Gasteiger partial charge in [0.1, 0.15) is 11.5 Å². The Kier molecular flexibility index (Phi) is 5.38. The predicted octanol–water partition coefficient (Wildman–Crippen LogP) is 2.48. The van der Waals surface area contributed by atoms with Crippen molar-refractivity contribution >= 4 is 11.6 Å². The zero-order valence-corrected chi connectivity index (χ0v) is 12.8. The second kappa shape index (κ2) is 7.47. The highest BCUT2D eigenvalue weighted by molar-refractivity contribution is 5.93. The van der Waals surface area contributed by atoms with E-state index in [1.54, 1.807) is 13.2 Å². The van der Waals surface area contributed by atoms with Crippen molar-refractivity contribution in [3.05, 3.63) is 53.6 Å². The van der Waals surface area contributed by atoms with Crippen LogP contribution in [0.25, 0.3) is 0 Å². The number of hydrogen-bond donors (Lipinski definition) is 2. The van der Waals surface area contributed by atoms with Crippen LogP contribution in [-0.4, -0.2) is 19.6 Å². The van der Waals surface area contributed by atoms with Gasteiger partial charge in [0.25, 0.3) is 5.91 Å². The molecule has 0 aliphatic carbocycles. The highest BCUT2D eigenvalue weighted by Gasteiger charge is 2.09. The molecule has 116 valence electrons. The Morgan fingerprint density at radius 3 is 2.68 bits per heavy atom. The minimum absolute atomic E-state index is 0.0892. The van der Waals surface area contributed by atoms with Crippen LogP contribution in [0.5, 0.6) is 11.5 Å². The summed E-state index contributed by atoms with van der Waals surface area (Å²) in [6, 6.07) is 13.0. The largest absolute Gasteiger partial charge is 0.495 e. The minimum Gasteiger partial charge on any atom is -0.495 e. The van der Waals surface area contributed by atoms with Crippen molar-refractivity contribution in [2.75, 3.05) is 19.0 Å². The number of benzene rings is 2. The van der Waals surface area contributed by atoms with Gasteiger partial charge in [0.15, 0.2) is 6.61 Å². The van der Waals surface area contributed by atoms with Gasteiger partial charge in [0, 0.05) is 12.1 Å². The summed E-state index contributed by atoms with van der Waals surface area (Å²) in [4.78, 5) is 12.0. The summed E-state index contributed by atoms with van der Waals surface area (Å²) >= 11 is 0. The number of nitrogens with one attached hydrogen (secondary N) is 1. The van der Waals surface area contributed by atoms with Crippen LogP contribution in [0.1, 0.15) is 11.1 Å². The van der Waals surface area contributed by atoms with Gasteiger partial charge in [-0.1, -0.05) is 24.3 Å². The lowest BCUT2D eigenvalue weighted by atomic mass is 10.2. The summed E-state index contributed by atoms with van der Waals surface area (Å²) in [5.41, 5.74) is 8.16. The van der Waals surface area contributed by atoms with Crippen molar-refractivity contribution in [3.8, 4) is 11.5 Å². The quantitative estimate of drug-likeness (QED) is 0.859. The number of ether oxygens (including phenoxy) is 2. The lowest BCUT2D eigenvalue weighted by Gasteiger charge is -2.13. The third-order valence-electron chi connectivity index (χ3n) is 3.18. The van der Waals surface area contributed by atoms with Crippen molar-refractivity contribution in [1.82, 2.24) is 0 Å².